The predicted octanol–water partition coefficient (Wildman–Crippen LogP) is 10.2. The van der Waals surface area contributed by atoms with Gasteiger partial charge in [-0.05, 0) is 87.0 Å². The molecule has 4 amide bonds. The molecule has 3 atom stereocenters. The summed E-state index contributed by atoms with van der Waals surface area (Å²) >= 11 is 9.15. The molecule has 434 valence electrons. The Hall–Kier alpha value is -5.61. The molecule has 2 aromatic carbocycles. The number of aliphatic hydroxyl groups is 1. The third-order valence-electron chi connectivity index (χ3n) is 14.5. The number of unbranched alkanes of at least 4 members (excludes halogenated alkanes) is 5. The van der Waals surface area contributed by atoms with Gasteiger partial charge in [-0.15, -0.1) is 11.3 Å². The van der Waals surface area contributed by atoms with Crippen molar-refractivity contribution in [1.29, 1.82) is 0 Å². The SMILES string of the molecule is Cc1nc(Nc2ncc(C(=O)Nc3c(C)cccc3Cl)s2)cc(N2CCC(CCCCCCOCCOCCOCCCCCC(=O)N[C@H](C(=O)N3C[C@H](O)C[C@H]3C(=O)NCc3ccc(-c4scnc4C)cc3)C(C)(C)C)CC2)n1. The standard InChI is InChI=1S/C59H81ClN10O8S2/c1-39-15-14-17-46(60)52(39)68-56(74)48-36-62-58(80-48)66-49-34-50(65-41(3)64-49)69-25-23-42(24-26-69)16-10-7-8-12-27-76-29-31-78-32-30-77-28-13-9-11-18-51(72)67-54(59(4,5)6)57(75)70-37-45(71)33-47(70)55(73)61-35-43-19-21-44(22-20-43)53-40(2)63-38-79-53/h14-15,17,19-22,34,36,38,42,45,47,54,71H,7-13,16,18,23-33,35,37H2,1-6H3,(H,61,73)(H,67,72)(H,68,74)(H,62,64,65,66)/t45-,47+,54-/m1/s1. The molecular formula is C59H81ClN10O8S2. The van der Waals surface area contributed by atoms with Gasteiger partial charge in [0.15, 0.2) is 5.13 Å². The highest BCUT2D eigenvalue weighted by Gasteiger charge is 2.44. The fraction of sp³-hybridized carbons (Fsp3) is 0.559. The minimum atomic E-state index is -0.864. The summed E-state index contributed by atoms with van der Waals surface area (Å²) < 4.78 is 17.3. The van der Waals surface area contributed by atoms with E-state index in [1.54, 1.807) is 23.6 Å². The molecule has 0 bridgehead atoms. The lowest BCUT2D eigenvalue weighted by Crippen LogP contribution is -2.57. The van der Waals surface area contributed by atoms with Gasteiger partial charge in [0.25, 0.3) is 5.91 Å². The third-order valence-corrected chi connectivity index (χ3v) is 16.7. The van der Waals surface area contributed by atoms with Gasteiger partial charge < -0.3 is 50.4 Å². The fourth-order valence-electron chi connectivity index (χ4n) is 9.95. The summed E-state index contributed by atoms with van der Waals surface area (Å²) in [5, 5.41) is 23.7. The maximum atomic E-state index is 14.0. The number of β-amino-alcohol motifs (C(OH)–C–C–N with tert-alkyl or cyclic N) is 1. The molecule has 2 saturated heterocycles. The highest BCUT2D eigenvalue weighted by Crippen LogP contribution is 2.32. The van der Waals surface area contributed by atoms with E-state index in [0.717, 1.165) is 91.3 Å². The number of benzene rings is 2. The predicted molar refractivity (Wildman–Crippen MR) is 317 cm³/mol. The first-order valence-corrected chi connectivity index (χ1v) is 30.3. The largest absolute Gasteiger partial charge is 0.391 e. The second kappa shape index (κ2) is 31.0. The molecule has 3 aromatic heterocycles. The molecule has 0 unspecified atom stereocenters. The van der Waals surface area contributed by atoms with E-state index < -0.39 is 23.6 Å². The van der Waals surface area contributed by atoms with E-state index in [2.05, 4.69) is 41.1 Å². The number of nitrogens with one attached hydrogen (secondary N) is 4. The van der Waals surface area contributed by atoms with Gasteiger partial charge in [0, 0.05) is 58.3 Å². The summed E-state index contributed by atoms with van der Waals surface area (Å²) in [6.45, 7) is 17.0. The lowest BCUT2D eigenvalue weighted by Gasteiger charge is -2.35. The number of para-hydroxylation sites is 1. The first-order chi connectivity index (χ1) is 38.5. The van der Waals surface area contributed by atoms with Gasteiger partial charge in [0.1, 0.15) is 34.4 Å². The van der Waals surface area contributed by atoms with Crippen LogP contribution in [0.4, 0.5) is 22.5 Å². The van der Waals surface area contributed by atoms with Crippen LogP contribution in [-0.4, -0.2) is 131 Å². The Morgan fingerprint density at radius 1 is 0.850 bits per heavy atom. The Morgan fingerprint density at radius 3 is 2.21 bits per heavy atom. The van der Waals surface area contributed by atoms with E-state index >= 15 is 0 Å². The molecule has 0 spiro atoms. The summed E-state index contributed by atoms with van der Waals surface area (Å²) in [5.41, 5.74) is 5.62. The van der Waals surface area contributed by atoms with Crippen LogP contribution in [0.25, 0.3) is 10.4 Å². The smallest absolute Gasteiger partial charge is 0.267 e. The molecule has 21 heteroatoms. The second-order valence-corrected chi connectivity index (χ2v) is 24.2. The summed E-state index contributed by atoms with van der Waals surface area (Å²) in [4.78, 5) is 76.9. The number of thiazole rings is 2. The molecule has 0 saturated carbocycles. The number of likely N-dealkylation sites (tertiary alicyclic amines) is 1. The topological polar surface area (TPSA) is 222 Å². The molecule has 5 N–H and O–H groups in total. The van der Waals surface area contributed by atoms with Crippen molar-refractivity contribution in [3.63, 3.8) is 0 Å². The number of piperidine rings is 1. The number of amides is 4. The number of carbonyl (C=O) groups is 4. The molecule has 5 heterocycles. The van der Waals surface area contributed by atoms with E-state index in [1.165, 1.54) is 35.5 Å². The molecule has 0 radical (unpaired) electrons. The van der Waals surface area contributed by atoms with Gasteiger partial charge in [-0.3, -0.25) is 19.2 Å². The van der Waals surface area contributed by atoms with Crippen molar-refractivity contribution in [2.45, 2.75) is 143 Å². The number of halogens is 1. The zero-order valence-corrected chi connectivity index (χ0v) is 49.7. The zero-order chi connectivity index (χ0) is 57.0. The molecule has 7 rings (SSSR count). The van der Waals surface area contributed by atoms with Gasteiger partial charge in [-0.25, -0.2) is 19.9 Å². The van der Waals surface area contributed by atoms with Gasteiger partial charge in [0.05, 0.1) is 65.5 Å². The summed E-state index contributed by atoms with van der Waals surface area (Å²) in [7, 11) is 0. The number of aryl methyl sites for hydroxylation is 3. The first-order valence-electron chi connectivity index (χ1n) is 28.2. The molecule has 5 aromatic rings. The van der Waals surface area contributed by atoms with Crippen molar-refractivity contribution in [2.75, 3.05) is 74.8 Å². The van der Waals surface area contributed by atoms with Gasteiger partial charge in [-0.1, -0.05) is 112 Å². The Morgan fingerprint density at radius 2 is 1.54 bits per heavy atom. The van der Waals surface area contributed by atoms with Crippen molar-refractivity contribution >= 4 is 80.4 Å². The average molecular weight is 1160 g/mol. The number of anilines is 4. The number of aliphatic hydroxyl groups excluding tert-OH is 1. The molecule has 2 fully saturated rings. The minimum absolute atomic E-state index is 0.0263. The van der Waals surface area contributed by atoms with Crippen LogP contribution in [-0.2, 0) is 35.1 Å². The first kappa shape index (κ1) is 62.0. The number of nitrogens with zero attached hydrogens (tertiary/aromatic N) is 6. The maximum absolute atomic E-state index is 14.0. The van der Waals surface area contributed by atoms with Crippen LogP contribution >= 0.6 is 34.3 Å². The lowest BCUT2D eigenvalue weighted by atomic mass is 9.85. The highest BCUT2D eigenvalue weighted by atomic mass is 35.5. The molecule has 80 heavy (non-hydrogen) atoms. The van der Waals surface area contributed by atoms with E-state index in [-0.39, 0.29) is 49.6 Å². The molecule has 18 nitrogen and oxygen atoms in total. The van der Waals surface area contributed by atoms with Crippen LogP contribution in [0.3, 0.4) is 0 Å². The number of carbonyl (C=O) groups excluding carboxylic acids is 4. The number of ether oxygens (including phenoxy) is 3. The zero-order valence-electron chi connectivity index (χ0n) is 47.3. The van der Waals surface area contributed by atoms with Gasteiger partial charge in [-0.2, -0.15) is 0 Å². The van der Waals surface area contributed by atoms with Gasteiger partial charge >= 0.3 is 0 Å². The van der Waals surface area contributed by atoms with Crippen LogP contribution in [0, 0.1) is 32.1 Å². The molecule has 2 aliphatic rings. The summed E-state index contributed by atoms with van der Waals surface area (Å²) in [5.74, 6) is 1.72. The van der Waals surface area contributed by atoms with Crippen LogP contribution in [0.1, 0.15) is 130 Å². The Bertz CT molecular complexity index is 2760. The number of hydrogen-bond acceptors (Lipinski definition) is 16. The quantitative estimate of drug-likeness (QED) is 0.0270. The third kappa shape index (κ3) is 19.0. The Kier molecular flexibility index (Phi) is 24.0. The number of rotatable bonds is 30. The molecular weight excluding hydrogens is 1080 g/mol. The highest BCUT2D eigenvalue weighted by molar-refractivity contribution is 7.17. The molecule has 2 aliphatic heterocycles. The number of aromatic nitrogens is 4. The minimum Gasteiger partial charge on any atom is -0.391 e. The van der Waals surface area contributed by atoms with Crippen molar-refractivity contribution in [1.82, 2.24) is 35.5 Å². The van der Waals surface area contributed by atoms with E-state index in [9.17, 15) is 24.3 Å². The van der Waals surface area contributed by atoms with E-state index in [0.29, 0.717) is 77.7 Å². The lowest BCUT2D eigenvalue weighted by molar-refractivity contribution is -0.144. The van der Waals surface area contributed by atoms with E-state index in [4.69, 9.17) is 30.8 Å². The van der Waals surface area contributed by atoms with Crippen molar-refractivity contribution in [2.24, 2.45) is 11.3 Å². The number of hydrogen-bond donors (Lipinski definition) is 5. The van der Waals surface area contributed by atoms with Crippen molar-refractivity contribution < 1.29 is 38.5 Å². The second-order valence-electron chi connectivity index (χ2n) is 21.9. The Labute approximate surface area is 484 Å². The summed E-state index contributed by atoms with van der Waals surface area (Å²) in [6, 6.07) is 13.7. The van der Waals surface area contributed by atoms with Crippen LogP contribution < -0.4 is 26.2 Å². The van der Waals surface area contributed by atoms with E-state index in [1.807, 2.05) is 89.5 Å². The van der Waals surface area contributed by atoms with Crippen LogP contribution in [0.5, 0.6) is 0 Å². The van der Waals surface area contributed by atoms with Crippen molar-refractivity contribution in [3.8, 4) is 10.4 Å². The average Bonchev–Trinajstić information content (AvgIpc) is 4.23. The molecule has 0 aliphatic carbocycles. The van der Waals surface area contributed by atoms with Gasteiger partial charge in [0.2, 0.25) is 17.7 Å². The Balaban J connectivity index is 0.665. The summed E-state index contributed by atoms with van der Waals surface area (Å²) in [6.07, 6.45) is 11.5. The fourth-order valence-corrected chi connectivity index (χ4v) is 11.8. The normalized spacial score (nSPS) is 16.2. The maximum Gasteiger partial charge on any atom is 0.267 e. The van der Waals surface area contributed by atoms with Crippen LogP contribution in [0.2, 0.25) is 5.02 Å². The van der Waals surface area contributed by atoms with Crippen molar-refractivity contribution in [3.05, 3.63) is 92.8 Å². The monoisotopic (exact) mass is 1160 g/mol. The van der Waals surface area contributed by atoms with Crippen LogP contribution in [0.15, 0.2) is 60.2 Å².